The maximum absolute atomic E-state index is 12.3. The lowest BCUT2D eigenvalue weighted by atomic mass is 10.1. The monoisotopic (exact) mass is 275 g/mol. The van der Waals surface area contributed by atoms with Crippen LogP contribution in [0.15, 0.2) is 18.3 Å². The predicted octanol–water partition coefficient (Wildman–Crippen LogP) is 0.981. The third kappa shape index (κ3) is 2.69. The highest BCUT2D eigenvalue weighted by Crippen LogP contribution is 2.23. The molecule has 1 aromatic rings. The van der Waals surface area contributed by atoms with E-state index in [1.807, 2.05) is 13.0 Å². The molecule has 2 fully saturated rings. The molecule has 3 heterocycles. The van der Waals surface area contributed by atoms with Crippen LogP contribution < -0.4 is 5.32 Å². The fourth-order valence-corrected chi connectivity index (χ4v) is 3.13. The first-order chi connectivity index (χ1) is 9.63. The number of aryl methyl sites for hydroxylation is 1. The number of nitrogens with zero attached hydrogens (tertiary/aromatic N) is 2. The van der Waals surface area contributed by atoms with Gasteiger partial charge in [0.2, 0.25) is 0 Å². The second kappa shape index (κ2) is 5.50. The largest absolute Gasteiger partial charge is 0.376 e. The van der Waals surface area contributed by atoms with Gasteiger partial charge in [0.05, 0.1) is 18.3 Å². The molecule has 1 amide bonds. The van der Waals surface area contributed by atoms with Crippen LogP contribution in [0.3, 0.4) is 0 Å². The first kappa shape index (κ1) is 13.5. The molecule has 0 aromatic carbocycles. The van der Waals surface area contributed by atoms with Crippen molar-refractivity contribution < 1.29 is 9.53 Å². The minimum absolute atomic E-state index is 0.0191. The van der Waals surface area contributed by atoms with Crippen LogP contribution in [0.5, 0.6) is 0 Å². The van der Waals surface area contributed by atoms with E-state index in [2.05, 4.69) is 22.1 Å². The Hall–Kier alpha value is -1.46. The van der Waals surface area contributed by atoms with E-state index in [0.29, 0.717) is 17.7 Å². The minimum atomic E-state index is -0.0191. The van der Waals surface area contributed by atoms with Gasteiger partial charge in [-0.2, -0.15) is 0 Å². The van der Waals surface area contributed by atoms with E-state index in [4.69, 9.17) is 4.74 Å². The van der Waals surface area contributed by atoms with Gasteiger partial charge in [0.15, 0.2) is 0 Å². The SMILES string of the molecule is Cc1ncccc1C(=O)N[C@H]1C[C@H]2CO[C@H](C)CN2C1. The molecule has 0 aliphatic carbocycles. The lowest BCUT2D eigenvalue weighted by molar-refractivity contribution is -0.0390. The molecule has 0 bridgehead atoms. The molecule has 0 unspecified atom stereocenters. The van der Waals surface area contributed by atoms with Crippen molar-refractivity contribution in [1.29, 1.82) is 0 Å². The number of amides is 1. The molecule has 0 spiro atoms. The molecule has 0 radical (unpaired) electrons. The molecular formula is C15H21N3O2. The van der Waals surface area contributed by atoms with Crippen LogP contribution in [-0.4, -0.2) is 53.7 Å². The zero-order chi connectivity index (χ0) is 14.1. The molecule has 5 nitrogen and oxygen atoms in total. The Kier molecular flexibility index (Phi) is 3.72. The van der Waals surface area contributed by atoms with Crippen molar-refractivity contribution >= 4 is 5.91 Å². The summed E-state index contributed by atoms with van der Waals surface area (Å²) in [5.41, 5.74) is 1.44. The van der Waals surface area contributed by atoms with Crippen LogP contribution in [0.25, 0.3) is 0 Å². The average molecular weight is 275 g/mol. The number of carbonyl (C=O) groups is 1. The quantitative estimate of drug-likeness (QED) is 0.874. The van der Waals surface area contributed by atoms with Crippen LogP contribution >= 0.6 is 0 Å². The lowest BCUT2D eigenvalue weighted by Gasteiger charge is -2.33. The second-order valence-electron chi connectivity index (χ2n) is 5.79. The Bertz CT molecular complexity index is 506. The van der Waals surface area contributed by atoms with Crippen molar-refractivity contribution in [3.05, 3.63) is 29.6 Å². The van der Waals surface area contributed by atoms with E-state index in [-0.39, 0.29) is 11.9 Å². The Morgan fingerprint density at radius 2 is 2.35 bits per heavy atom. The van der Waals surface area contributed by atoms with Gasteiger partial charge in [0, 0.05) is 37.1 Å². The molecule has 2 saturated heterocycles. The summed E-state index contributed by atoms with van der Waals surface area (Å²) in [7, 11) is 0. The number of carbonyl (C=O) groups excluding carboxylic acids is 1. The van der Waals surface area contributed by atoms with Crippen LogP contribution in [0.1, 0.15) is 29.4 Å². The zero-order valence-corrected chi connectivity index (χ0v) is 12.0. The molecular weight excluding hydrogens is 254 g/mol. The van der Waals surface area contributed by atoms with Crippen molar-refractivity contribution in [2.75, 3.05) is 19.7 Å². The molecule has 2 aliphatic rings. The summed E-state index contributed by atoms with van der Waals surface area (Å²) in [6, 6.07) is 4.29. The number of hydrogen-bond donors (Lipinski definition) is 1. The Morgan fingerprint density at radius 3 is 3.15 bits per heavy atom. The smallest absolute Gasteiger partial charge is 0.253 e. The van der Waals surface area contributed by atoms with E-state index in [1.165, 1.54) is 0 Å². The summed E-state index contributed by atoms with van der Waals surface area (Å²) >= 11 is 0. The molecule has 3 atom stereocenters. The maximum atomic E-state index is 12.3. The normalized spacial score (nSPS) is 30.0. The van der Waals surface area contributed by atoms with E-state index in [9.17, 15) is 4.79 Å². The molecule has 2 aliphatic heterocycles. The third-order valence-corrected chi connectivity index (χ3v) is 4.18. The van der Waals surface area contributed by atoms with Crippen LogP contribution in [0, 0.1) is 6.92 Å². The number of morpholine rings is 1. The Morgan fingerprint density at radius 1 is 1.50 bits per heavy atom. The summed E-state index contributed by atoms with van der Waals surface area (Å²) < 4.78 is 5.68. The van der Waals surface area contributed by atoms with Gasteiger partial charge >= 0.3 is 0 Å². The molecule has 108 valence electrons. The summed E-state index contributed by atoms with van der Waals surface area (Å²) in [4.78, 5) is 18.9. The number of nitrogens with one attached hydrogen (secondary N) is 1. The predicted molar refractivity (Wildman–Crippen MR) is 75.6 cm³/mol. The van der Waals surface area contributed by atoms with Crippen LogP contribution in [-0.2, 0) is 4.74 Å². The summed E-state index contributed by atoms with van der Waals surface area (Å²) in [5, 5.41) is 3.13. The van der Waals surface area contributed by atoms with Crippen molar-refractivity contribution in [3.8, 4) is 0 Å². The molecule has 0 saturated carbocycles. The molecule has 20 heavy (non-hydrogen) atoms. The van der Waals surface area contributed by atoms with E-state index < -0.39 is 0 Å². The van der Waals surface area contributed by atoms with Crippen LogP contribution in [0.2, 0.25) is 0 Å². The van der Waals surface area contributed by atoms with Gasteiger partial charge < -0.3 is 10.1 Å². The van der Waals surface area contributed by atoms with E-state index in [0.717, 1.165) is 31.8 Å². The molecule has 5 heteroatoms. The van der Waals surface area contributed by atoms with Gasteiger partial charge in [-0.05, 0) is 32.4 Å². The van der Waals surface area contributed by atoms with Crippen molar-refractivity contribution in [2.24, 2.45) is 0 Å². The van der Waals surface area contributed by atoms with Gasteiger partial charge in [-0.1, -0.05) is 0 Å². The van der Waals surface area contributed by atoms with Crippen molar-refractivity contribution in [2.45, 2.75) is 38.5 Å². The second-order valence-corrected chi connectivity index (χ2v) is 5.79. The number of rotatable bonds is 2. The van der Waals surface area contributed by atoms with Gasteiger partial charge in [-0.25, -0.2) is 0 Å². The standard InChI is InChI=1S/C15H21N3O2/c1-10-7-18-8-12(6-13(18)9-20-10)17-15(19)14-4-3-5-16-11(14)2/h3-5,10,12-13H,6-9H2,1-2H3,(H,17,19)/t10-,12+,13+/m1/s1. The van der Waals surface area contributed by atoms with Crippen molar-refractivity contribution in [3.63, 3.8) is 0 Å². The Balaban J connectivity index is 1.62. The van der Waals surface area contributed by atoms with E-state index in [1.54, 1.807) is 12.3 Å². The Labute approximate surface area is 119 Å². The van der Waals surface area contributed by atoms with Gasteiger partial charge in [-0.15, -0.1) is 0 Å². The number of ether oxygens (including phenoxy) is 1. The summed E-state index contributed by atoms with van der Waals surface area (Å²) in [6.45, 7) is 6.62. The van der Waals surface area contributed by atoms with E-state index >= 15 is 0 Å². The number of pyridine rings is 1. The lowest BCUT2D eigenvalue weighted by Crippen LogP contribution is -2.45. The first-order valence-electron chi connectivity index (χ1n) is 7.21. The average Bonchev–Trinajstić information content (AvgIpc) is 2.80. The third-order valence-electron chi connectivity index (χ3n) is 4.18. The summed E-state index contributed by atoms with van der Waals surface area (Å²) in [5.74, 6) is -0.0191. The highest BCUT2D eigenvalue weighted by Gasteiger charge is 2.36. The fourth-order valence-electron chi connectivity index (χ4n) is 3.13. The topological polar surface area (TPSA) is 54.5 Å². The van der Waals surface area contributed by atoms with Crippen LogP contribution in [0.4, 0.5) is 0 Å². The number of fused-ring (bicyclic) bond motifs is 1. The number of hydrogen-bond acceptors (Lipinski definition) is 4. The zero-order valence-electron chi connectivity index (χ0n) is 12.0. The molecule has 3 rings (SSSR count). The fraction of sp³-hybridized carbons (Fsp3) is 0.600. The first-order valence-corrected chi connectivity index (χ1v) is 7.21. The van der Waals surface area contributed by atoms with Gasteiger partial charge in [-0.3, -0.25) is 14.7 Å². The van der Waals surface area contributed by atoms with Gasteiger partial charge in [0.25, 0.3) is 5.91 Å². The van der Waals surface area contributed by atoms with Gasteiger partial charge in [0.1, 0.15) is 0 Å². The number of aromatic nitrogens is 1. The highest BCUT2D eigenvalue weighted by molar-refractivity contribution is 5.95. The minimum Gasteiger partial charge on any atom is -0.376 e. The summed E-state index contributed by atoms with van der Waals surface area (Å²) in [6.07, 6.45) is 2.97. The molecule has 1 aromatic heterocycles. The van der Waals surface area contributed by atoms with Crippen molar-refractivity contribution in [1.82, 2.24) is 15.2 Å². The molecule has 1 N–H and O–H groups in total. The maximum Gasteiger partial charge on any atom is 0.253 e. The highest BCUT2D eigenvalue weighted by atomic mass is 16.5.